The zero-order chi connectivity index (χ0) is 12.3. The van der Waals surface area contributed by atoms with Crippen molar-refractivity contribution >= 4 is 17.7 Å². The molecule has 0 aliphatic heterocycles. The van der Waals surface area contributed by atoms with Crippen molar-refractivity contribution < 1.29 is 18.7 Å². The fraction of sp³-hybridized carbons (Fsp3) is 0.0833. The van der Waals surface area contributed by atoms with E-state index >= 15 is 0 Å². The molecule has 0 unspecified atom stereocenters. The van der Waals surface area contributed by atoms with E-state index in [2.05, 4.69) is 0 Å². The van der Waals surface area contributed by atoms with E-state index in [9.17, 15) is 9.18 Å². The van der Waals surface area contributed by atoms with Crippen molar-refractivity contribution in [2.24, 2.45) is 0 Å². The Labute approximate surface area is 101 Å². The molecular formula is C12H9FO3S. The molecule has 1 heterocycles. The highest BCUT2D eigenvalue weighted by atomic mass is 32.2. The number of hydrogen-bond donors (Lipinski definition) is 1. The van der Waals surface area contributed by atoms with Crippen LogP contribution in [0.4, 0.5) is 4.39 Å². The van der Waals surface area contributed by atoms with Crippen LogP contribution in [0.15, 0.2) is 45.9 Å². The first-order chi connectivity index (χ1) is 8.15. The van der Waals surface area contributed by atoms with Gasteiger partial charge in [0.1, 0.15) is 5.82 Å². The fourth-order valence-electron chi connectivity index (χ4n) is 1.29. The lowest BCUT2D eigenvalue weighted by molar-refractivity contribution is 0.0656. The minimum Gasteiger partial charge on any atom is -0.475 e. The molecule has 17 heavy (non-hydrogen) atoms. The highest BCUT2D eigenvalue weighted by Crippen LogP contribution is 2.25. The number of thioether (sulfide) groups is 1. The molecule has 5 heteroatoms. The Balaban J connectivity index is 2.00. The first-order valence-corrected chi connectivity index (χ1v) is 5.84. The molecule has 3 nitrogen and oxygen atoms in total. The van der Waals surface area contributed by atoms with E-state index in [4.69, 9.17) is 9.52 Å². The molecule has 1 N–H and O–H groups in total. The van der Waals surface area contributed by atoms with Crippen molar-refractivity contribution in [1.29, 1.82) is 0 Å². The summed E-state index contributed by atoms with van der Waals surface area (Å²) in [6.45, 7) is 0. The topological polar surface area (TPSA) is 50.4 Å². The average molecular weight is 252 g/mol. The van der Waals surface area contributed by atoms with Crippen LogP contribution in [0.3, 0.4) is 0 Å². The van der Waals surface area contributed by atoms with Gasteiger partial charge >= 0.3 is 5.97 Å². The van der Waals surface area contributed by atoms with Crippen molar-refractivity contribution in [3.05, 3.63) is 53.5 Å². The van der Waals surface area contributed by atoms with Crippen molar-refractivity contribution in [2.75, 3.05) is 0 Å². The van der Waals surface area contributed by atoms with Gasteiger partial charge in [-0.15, -0.1) is 0 Å². The zero-order valence-corrected chi connectivity index (χ0v) is 9.54. The minimum absolute atomic E-state index is 0.0910. The van der Waals surface area contributed by atoms with Gasteiger partial charge in [-0.2, -0.15) is 0 Å². The number of hydrogen-bond acceptors (Lipinski definition) is 3. The molecule has 0 radical (unpaired) electrons. The van der Waals surface area contributed by atoms with E-state index in [1.807, 2.05) is 0 Å². The van der Waals surface area contributed by atoms with E-state index < -0.39 is 5.97 Å². The largest absolute Gasteiger partial charge is 0.475 e. The molecule has 0 fully saturated rings. The first-order valence-electron chi connectivity index (χ1n) is 4.85. The molecule has 0 saturated heterocycles. The lowest BCUT2D eigenvalue weighted by atomic mass is 10.2. The van der Waals surface area contributed by atoms with Crippen LogP contribution < -0.4 is 0 Å². The molecule has 0 aliphatic rings. The summed E-state index contributed by atoms with van der Waals surface area (Å²) in [6.07, 6.45) is 0. The van der Waals surface area contributed by atoms with E-state index in [0.717, 1.165) is 5.56 Å². The Hall–Kier alpha value is -1.75. The molecule has 0 amide bonds. The third kappa shape index (κ3) is 3.10. The first kappa shape index (κ1) is 11.7. The van der Waals surface area contributed by atoms with Crippen LogP contribution >= 0.6 is 11.8 Å². The third-order valence-corrected chi connectivity index (χ3v) is 3.04. The Morgan fingerprint density at radius 1 is 1.35 bits per heavy atom. The Bertz CT molecular complexity index is 536. The normalized spacial score (nSPS) is 10.4. The Kier molecular flexibility index (Phi) is 3.49. The molecule has 0 saturated carbocycles. The number of carboxylic acid groups (broad SMARTS) is 1. The van der Waals surface area contributed by atoms with Gasteiger partial charge in [0, 0.05) is 5.75 Å². The van der Waals surface area contributed by atoms with Gasteiger partial charge in [0.2, 0.25) is 5.76 Å². The standard InChI is InChI=1S/C12H9FO3S/c13-9-3-1-2-8(6-9)7-17-11-5-4-10(16-11)12(14)15/h1-6H,7H2,(H,14,15). The molecular weight excluding hydrogens is 243 g/mol. The summed E-state index contributed by atoms with van der Waals surface area (Å²) in [4.78, 5) is 10.6. The maximum Gasteiger partial charge on any atom is 0.371 e. The fourth-order valence-corrected chi connectivity index (χ4v) is 2.10. The second-order valence-electron chi connectivity index (χ2n) is 3.34. The van der Waals surface area contributed by atoms with Crippen molar-refractivity contribution in [3.63, 3.8) is 0 Å². The van der Waals surface area contributed by atoms with Gasteiger partial charge in [-0.05, 0) is 29.8 Å². The quantitative estimate of drug-likeness (QED) is 0.847. The van der Waals surface area contributed by atoms with Gasteiger partial charge in [0.05, 0.1) is 0 Å². The van der Waals surface area contributed by atoms with E-state index in [-0.39, 0.29) is 11.6 Å². The van der Waals surface area contributed by atoms with Gasteiger partial charge in [0.15, 0.2) is 5.09 Å². The molecule has 2 aromatic rings. The number of rotatable bonds is 4. The van der Waals surface area contributed by atoms with Crippen LogP contribution in [0.2, 0.25) is 0 Å². The molecule has 1 aromatic heterocycles. The van der Waals surface area contributed by atoms with Crippen LogP contribution in [0.5, 0.6) is 0 Å². The molecule has 0 bridgehead atoms. The van der Waals surface area contributed by atoms with Gasteiger partial charge in [0.25, 0.3) is 0 Å². The summed E-state index contributed by atoms with van der Waals surface area (Å²) in [5.74, 6) is -0.937. The third-order valence-electron chi connectivity index (χ3n) is 2.06. The Morgan fingerprint density at radius 2 is 2.18 bits per heavy atom. The maximum absolute atomic E-state index is 12.9. The summed E-state index contributed by atoms with van der Waals surface area (Å²) in [5, 5.41) is 9.17. The summed E-state index contributed by atoms with van der Waals surface area (Å²) in [7, 11) is 0. The summed E-state index contributed by atoms with van der Waals surface area (Å²) in [5.41, 5.74) is 0.822. The molecule has 88 valence electrons. The van der Waals surface area contributed by atoms with Crippen LogP contribution in [0.25, 0.3) is 0 Å². The lowest BCUT2D eigenvalue weighted by Crippen LogP contribution is -1.91. The van der Waals surface area contributed by atoms with Crippen molar-refractivity contribution in [2.45, 2.75) is 10.8 Å². The van der Waals surface area contributed by atoms with Crippen LogP contribution in [0.1, 0.15) is 16.1 Å². The minimum atomic E-state index is -1.09. The van der Waals surface area contributed by atoms with Gasteiger partial charge in [-0.1, -0.05) is 23.9 Å². The SMILES string of the molecule is O=C(O)c1ccc(SCc2cccc(F)c2)o1. The monoisotopic (exact) mass is 252 g/mol. The number of carboxylic acids is 1. The van der Waals surface area contributed by atoms with Gasteiger partial charge in [-0.3, -0.25) is 0 Å². The maximum atomic E-state index is 12.9. The Morgan fingerprint density at radius 3 is 2.82 bits per heavy atom. The summed E-state index contributed by atoms with van der Waals surface area (Å²) < 4.78 is 18.0. The molecule has 0 atom stereocenters. The van der Waals surface area contributed by atoms with Crippen molar-refractivity contribution in [1.82, 2.24) is 0 Å². The predicted molar refractivity (Wildman–Crippen MR) is 61.6 cm³/mol. The van der Waals surface area contributed by atoms with E-state index in [1.165, 1.54) is 30.0 Å². The lowest BCUT2D eigenvalue weighted by Gasteiger charge is -1.99. The number of furan rings is 1. The highest BCUT2D eigenvalue weighted by Gasteiger charge is 2.09. The van der Waals surface area contributed by atoms with Crippen molar-refractivity contribution in [3.8, 4) is 0 Å². The molecule has 1 aromatic carbocycles. The molecule has 2 rings (SSSR count). The van der Waals surface area contributed by atoms with Crippen LogP contribution in [-0.4, -0.2) is 11.1 Å². The summed E-state index contributed by atoms with van der Waals surface area (Å²) in [6, 6.07) is 9.24. The smallest absolute Gasteiger partial charge is 0.371 e. The predicted octanol–water partition coefficient (Wildman–Crippen LogP) is 3.41. The number of benzene rings is 1. The highest BCUT2D eigenvalue weighted by molar-refractivity contribution is 7.98. The molecule has 0 spiro atoms. The van der Waals surface area contributed by atoms with E-state index in [0.29, 0.717) is 10.8 Å². The van der Waals surface area contributed by atoms with E-state index in [1.54, 1.807) is 18.2 Å². The number of carbonyl (C=O) groups is 1. The molecule has 0 aliphatic carbocycles. The van der Waals surface area contributed by atoms with Crippen LogP contribution in [-0.2, 0) is 5.75 Å². The second kappa shape index (κ2) is 5.05. The number of halogens is 1. The second-order valence-corrected chi connectivity index (χ2v) is 4.32. The van der Waals surface area contributed by atoms with Gasteiger partial charge < -0.3 is 9.52 Å². The average Bonchev–Trinajstić information content (AvgIpc) is 2.75. The summed E-state index contributed by atoms with van der Waals surface area (Å²) >= 11 is 1.32. The van der Waals surface area contributed by atoms with Gasteiger partial charge in [-0.25, -0.2) is 9.18 Å². The zero-order valence-electron chi connectivity index (χ0n) is 8.72. The van der Waals surface area contributed by atoms with Crippen LogP contribution in [0, 0.1) is 5.82 Å². The number of aromatic carboxylic acids is 1.